The first-order valence-electron chi connectivity index (χ1n) is 12.7. The van der Waals surface area contributed by atoms with Crippen LogP contribution < -0.4 is 15.4 Å². The van der Waals surface area contributed by atoms with E-state index in [4.69, 9.17) is 15.2 Å². The second-order valence-corrected chi connectivity index (χ2v) is 10.0. The van der Waals surface area contributed by atoms with Gasteiger partial charge in [0.25, 0.3) is 0 Å². The van der Waals surface area contributed by atoms with Gasteiger partial charge in [-0.25, -0.2) is 0 Å². The lowest BCUT2D eigenvalue weighted by Crippen LogP contribution is -2.52. The predicted molar refractivity (Wildman–Crippen MR) is 141 cm³/mol. The largest absolute Gasteiger partial charge is 0.489 e. The molecular weight excluding hydrogens is 452 g/mol. The Bertz CT molecular complexity index is 1230. The summed E-state index contributed by atoms with van der Waals surface area (Å²) in [4.78, 5) is 13.7. The quantitative estimate of drug-likeness (QED) is 0.447. The molecule has 0 aliphatic carbocycles. The molecule has 3 aromatic rings. The highest BCUT2D eigenvalue weighted by Gasteiger charge is 2.41. The van der Waals surface area contributed by atoms with Gasteiger partial charge < -0.3 is 25.2 Å². The highest BCUT2D eigenvalue weighted by molar-refractivity contribution is 5.72. The topological polar surface area (TPSA) is 85.0 Å². The van der Waals surface area contributed by atoms with Crippen LogP contribution in [0.25, 0.3) is 11.1 Å². The van der Waals surface area contributed by atoms with E-state index >= 15 is 0 Å². The van der Waals surface area contributed by atoms with Crippen molar-refractivity contribution >= 4 is 11.7 Å². The van der Waals surface area contributed by atoms with Crippen LogP contribution in [0.3, 0.4) is 0 Å². The number of anilines is 1. The molecule has 0 saturated carbocycles. The van der Waals surface area contributed by atoms with Gasteiger partial charge >= 0.3 is 5.97 Å². The van der Waals surface area contributed by atoms with Crippen molar-refractivity contribution in [1.29, 1.82) is 0 Å². The minimum atomic E-state index is -0.873. The summed E-state index contributed by atoms with van der Waals surface area (Å²) < 4.78 is 12.1. The fourth-order valence-corrected chi connectivity index (χ4v) is 5.18. The number of ether oxygens (including phenoxy) is 2. The minimum absolute atomic E-state index is 0.0394. The molecule has 36 heavy (non-hydrogen) atoms. The van der Waals surface area contributed by atoms with Crippen molar-refractivity contribution in [2.24, 2.45) is 5.73 Å². The number of rotatable bonds is 8. The molecule has 2 aliphatic rings. The Morgan fingerprint density at radius 1 is 1.06 bits per heavy atom. The number of benzene rings is 3. The van der Waals surface area contributed by atoms with Crippen LogP contribution in [0.1, 0.15) is 48.9 Å². The zero-order valence-electron chi connectivity index (χ0n) is 20.8. The summed E-state index contributed by atoms with van der Waals surface area (Å²) in [6, 6.07) is 22.3. The summed E-state index contributed by atoms with van der Waals surface area (Å²) in [5.41, 5.74) is 12.5. The molecule has 0 aromatic heterocycles. The van der Waals surface area contributed by atoms with Crippen LogP contribution in [0.15, 0.2) is 66.7 Å². The highest BCUT2D eigenvalue weighted by atomic mass is 16.5. The second kappa shape index (κ2) is 10.3. The van der Waals surface area contributed by atoms with Crippen molar-refractivity contribution in [2.45, 2.75) is 50.9 Å². The van der Waals surface area contributed by atoms with Crippen molar-refractivity contribution in [3.63, 3.8) is 0 Å². The molecule has 0 unspecified atom stereocenters. The molecule has 6 heteroatoms. The van der Waals surface area contributed by atoms with Crippen molar-refractivity contribution in [3.8, 4) is 16.9 Å². The van der Waals surface area contributed by atoms with E-state index in [-0.39, 0.29) is 18.1 Å². The lowest BCUT2D eigenvalue weighted by atomic mass is 9.84. The van der Waals surface area contributed by atoms with Crippen LogP contribution >= 0.6 is 0 Å². The fraction of sp³-hybridized carbons (Fsp3) is 0.367. The van der Waals surface area contributed by atoms with Gasteiger partial charge in [0.1, 0.15) is 12.4 Å². The van der Waals surface area contributed by atoms with Crippen molar-refractivity contribution in [3.05, 3.63) is 83.4 Å². The van der Waals surface area contributed by atoms with E-state index in [9.17, 15) is 9.90 Å². The summed E-state index contributed by atoms with van der Waals surface area (Å²) in [5.74, 6) is -0.268. The van der Waals surface area contributed by atoms with Gasteiger partial charge in [-0.2, -0.15) is 0 Å². The fourth-order valence-electron chi connectivity index (χ4n) is 5.18. The summed E-state index contributed by atoms with van der Waals surface area (Å²) in [6.07, 6.45) is 3.19. The monoisotopic (exact) mass is 486 g/mol. The lowest BCUT2D eigenvalue weighted by molar-refractivity contribution is -0.158. The van der Waals surface area contributed by atoms with E-state index < -0.39 is 5.97 Å². The summed E-state index contributed by atoms with van der Waals surface area (Å²) in [6.45, 7) is 5.16. The Kier molecular flexibility index (Phi) is 6.99. The van der Waals surface area contributed by atoms with Gasteiger partial charge in [-0.3, -0.25) is 4.79 Å². The minimum Gasteiger partial charge on any atom is -0.489 e. The molecule has 0 amide bonds. The predicted octanol–water partition coefficient (Wildman–Crippen LogP) is 5.34. The molecule has 5 rings (SSSR count). The molecule has 0 radical (unpaired) electrons. The molecule has 2 fully saturated rings. The Morgan fingerprint density at radius 3 is 2.53 bits per heavy atom. The maximum absolute atomic E-state index is 11.3. The number of aliphatic carboxylic acids is 1. The number of nitrogens with zero attached hydrogens (tertiary/aromatic N) is 1. The number of carboxylic acid groups (broad SMARTS) is 1. The molecule has 188 valence electrons. The van der Waals surface area contributed by atoms with E-state index in [2.05, 4.69) is 47.4 Å². The molecule has 3 N–H and O–H groups in total. The van der Waals surface area contributed by atoms with Gasteiger partial charge in [-0.1, -0.05) is 36.4 Å². The van der Waals surface area contributed by atoms with Gasteiger partial charge in [0.2, 0.25) is 0 Å². The number of nitrogens with two attached hydrogens (primary N) is 1. The van der Waals surface area contributed by atoms with Crippen LogP contribution in [0.5, 0.6) is 5.75 Å². The van der Waals surface area contributed by atoms with Crippen molar-refractivity contribution < 1.29 is 19.4 Å². The van der Waals surface area contributed by atoms with E-state index in [0.29, 0.717) is 17.9 Å². The zero-order valence-corrected chi connectivity index (χ0v) is 20.8. The van der Waals surface area contributed by atoms with Gasteiger partial charge in [0, 0.05) is 30.4 Å². The van der Waals surface area contributed by atoms with E-state index in [1.807, 2.05) is 25.1 Å². The normalized spacial score (nSPS) is 17.4. The first-order valence-corrected chi connectivity index (χ1v) is 12.7. The Labute approximate surface area is 212 Å². The van der Waals surface area contributed by atoms with Crippen molar-refractivity contribution in [2.75, 3.05) is 24.6 Å². The second-order valence-electron chi connectivity index (χ2n) is 10.0. The molecule has 6 nitrogen and oxygen atoms in total. The number of hydrogen-bond donors (Lipinski definition) is 2. The lowest BCUT2D eigenvalue weighted by Gasteiger charge is -2.48. The molecule has 0 bridgehead atoms. The number of hydrogen-bond acceptors (Lipinski definition) is 5. The first kappa shape index (κ1) is 24.3. The van der Waals surface area contributed by atoms with Crippen molar-refractivity contribution in [1.82, 2.24) is 0 Å². The number of carbonyl (C=O) groups is 1. The SMILES string of the molecule is C[C@H](N)c1cccc(-c2cc(COc3ccccc3CC(=O)O)cc(N3CCC4(CCO4)CC3)c2)c1. The molecule has 2 heterocycles. The maximum Gasteiger partial charge on any atom is 0.307 e. The number of carboxylic acids is 1. The van der Waals surface area contributed by atoms with Gasteiger partial charge in [0.15, 0.2) is 0 Å². The molecular formula is C30H34N2O4. The van der Waals surface area contributed by atoms with E-state index in [0.717, 1.165) is 54.8 Å². The van der Waals surface area contributed by atoms with Gasteiger partial charge in [-0.15, -0.1) is 0 Å². The zero-order chi connectivity index (χ0) is 25.1. The molecule has 2 aliphatic heterocycles. The molecule has 3 aromatic carbocycles. The Morgan fingerprint density at radius 2 is 1.83 bits per heavy atom. The third-order valence-corrected chi connectivity index (χ3v) is 7.44. The summed E-state index contributed by atoms with van der Waals surface area (Å²) in [5, 5.41) is 9.26. The van der Waals surface area contributed by atoms with E-state index in [1.54, 1.807) is 6.07 Å². The average molecular weight is 487 g/mol. The summed E-state index contributed by atoms with van der Waals surface area (Å²) >= 11 is 0. The van der Waals surface area contributed by atoms with Gasteiger partial charge in [-0.05, 0) is 78.8 Å². The number of piperidine rings is 1. The maximum atomic E-state index is 11.3. The smallest absolute Gasteiger partial charge is 0.307 e. The third-order valence-electron chi connectivity index (χ3n) is 7.44. The Hall–Kier alpha value is -3.35. The average Bonchev–Trinajstić information content (AvgIpc) is 2.87. The molecule has 1 spiro atoms. The van der Waals surface area contributed by atoms with Crippen LogP contribution in [-0.4, -0.2) is 36.4 Å². The van der Waals surface area contributed by atoms with Crippen LogP contribution in [0, 0.1) is 0 Å². The standard InChI is InChI=1S/C30H34N2O4/c1-21(31)23-6-4-7-24(17-23)26-15-22(20-35-28-8-3-2-5-25(28)19-29(33)34)16-27(18-26)32-12-9-30(10-13-32)11-14-36-30/h2-8,15-18,21H,9-14,19-20,31H2,1H3,(H,33,34)/t21-/m0/s1. The van der Waals surface area contributed by atoms with Gasteiger partial charge in [0.05, 0.1) is 18.6 Å². The molecule has 2 saturated heterocycles. The van der Waals surface area contributed by atoms with Crippen LogP contribution in [0.4, 0.5) is 5.69 Å². The van der Waals surface area contributed by atoms with E-state index in [1.165, 1.54) is 12.1 Å². The summed E-state index contributed by atoms with van der Waals surface area (Å²) in [7, 11) is 0. The van der Waals surface area contributed by atoms with Crippen LogP contribution in [0.2, 0.25) is 0 Å². The third kappa shape index (κ3) is 5.40. The Balaban J connectivity index is 1.43. The van der Waals surface area contributed by atoms with Crippen LogP contribution in [-0.2, 0) is 22.6 Å². The number of para-hydroxylation sites is 1. The molecule has 1 atom stereocenters. The first-order chi connectivity index (χ1) is 17.4. The highest BCUT2D eigenvalue weighted by Crippen LogP contribution is 2.39.